The molecule has 126 valence electrons. The molecule has 0 saturated heterocycles. The lowest BCUT2D eigenvalue weighted by atomic mass is 10.1. The third-order valence-corrected chi connectivity index (χ3v) is 3.04. The third kappa shape index (κ3) is 4.35. The van der Waals surface area contributed by atoms with Crippen LogP contribution in [-0.4, -0.2) is 31.5 Å². The summed E-state index contributed by atoms with van der Waals surface area (Å²) in [6.45, 7) is 1.29. The van der Waals surface area contributed by atoms with Gasteiger partial charge in [0, 0.05) is 0 Å². The van der Waals surface area contributed by atoms with Gasteiger partial charge in [0.05, 0.1) is 18.9 Å². The van der Waals surface area contributed by atoms with E-state index < -0.39 is 24.4 Å². The Bertz CT molecular complexity index is 739. The molecular weight excluding hydrogens is 316 g/mol. The Labute approximate surface area is 137 Å². The molecule has 1 aromatic heterocycles. The van der Waals surface area contributed by atoms with Crippen LogP contribution in [0.2, 0.25) is 0 Å². The van der Waals surface area contributed by atoms with Gasteiger partial charge in [-0.05, 0) is 36.8 Å². The molecular formula is C16H16N2O6. The van der Waals surface area contributed by atoms with Crippen LogP contribution in [0.4, 0.5) is 0 Å². The van der Waals surface area contributed by atoms with Gasteiger partial charge in [0.25, 0.3) is 5.91 Å². The average molecular weight is 332 g/mol. The van der Waals surface area contributed by atoms with Crippen molar-refractivity contribution in [2.75, 3.05) is 13.7 Å². The lowest BCUT2D eigenvalue weighted by Crippen LogP contribution is -2.43. The molecule has 2 aromatic rings. The van der Waals surface area contributed by atoms with Crippen LogP contribution in [0.1, 0.15) is 26.5 Å². The summed E-state index contributed by atoms with van der Waals surface area (Å²) in [5, 5.41) is 0. The summed E-state index contributed by atoms with van der Waals surface area (Å²) in [6.07, 6.45) is 1.33. The first-order valence-electron chi connectivity index (χ1n) is 6.95. The van der Waals surface area contributed by atoms with Gasteiger partial charge in [-0.2, -0.15) is 0 Å². The molecule has 0 spiro atoms. The maximum absolute atomic E-state index is 11.9. The molecule has 0 aliphatic heterocycles. The topological polar surface area (TPSA) is 107 Å². The predicted octanol–water partition coefficient (Wildman–Crippen LogP) is 1.21. The fourth-order valence-electron chi connectivity index (χ4n) is 1.79. The van der Waals surface area contributed by atoms with Gasteiger partial charge < -0.3 is 13.9 Å². The van der Waals surface area contributed by atoms with Gasteiger partial charge in [-0.25, -0.2) is 4.79 Å². The third-order valence-electron chi connectivity index (χ3n) is 3.04. The van der Waals surface area contributed by atoms with Crippen molar-refractivity contribution in [3.8, 4) is 5.75 Å². The standard InChI is InChI=1S/C16H16N2O6/c1-10-5-6-11(8-13(10)22-2)16(21)24-9-14(19)17-18-15(20)12-4-3-7-23-12/h3-8H,9H2,1-2H3,(H,17,19)(H,18,20). The zero-order chi connectivity index (χ0) is 17.5. The number of hydrogen-bond acceptors (Lipinski definition) is 6. The number of carbonyl (C=O) groups excluding carboxylic acids is 3. The molecule has 2 amide bonds. The van der Waals surface area contributed by atoms with Gasteiger partial charge in [-0.1, -0.05) is 6.07 Å². The summed E-state index contributed by atoms with van der Waals surface area (Å²) >= 11 is 0. The Morgan fingerprint density at radius 3 is 2.62 bits per heavy atom. The number of amides is 2. The summed E-state index contributed by atoms with van der Waals surface area (Å²) in [4.78, 5) is 35.0. The number of furan rings is 1. The lowest BCUT2D eigenvalue weighted by Gasteiger charge is -2.09. The molecule has 0 aliphatic carbocycles. The molecule has 1 aromatic carbocycles. The van der Waals surface area contributed by atoms with E-state index in [0.29, 0.717) is 5.75 Å². The van der Waals surface area contributed by atoms with Crippen LogP contribution < -0.4 is 15.6 Å². The van der Waals surface area contributed by atoms with Crippen molar-refractivity contribution < 1.29 is 28.3 Å². The molecule has 0 saturated carbocycles. The number of aryl methyl sites for hydroxylation is 1. The SMILES string of the molecule is COc1cc(C(=O)OCC(=O)NNC(=O)c2ccco2)ccc1C. The highest BCUT2D eigenvalue weighted by Gasteiger charge is 2.13. The van der Waals surface area contributed by atoms with Crippen LogP contribution in [0.15, 0.2) is 41.0 Å². The molecule has 2 N–H and O–H groups in total. The second-order valence-electron chi connectivity index (χ2n) is 4.74. The first kappa shape index (κ1) is 17.1. The van der Waals surface area contributed by atoms with Crippen LogP contribution in [0.5, 0.6) is 5.75 Å². The largest absolute Gasteiger partial charge is 0.496 e. The molecule has 8 heteroatoms. The number of hydrazine groups is 1. The summed E-state index contributed by atoms with van der Waals surface area (Å²) in [5.41, 5.74) is 5.36. The minimum absolute atomic E-state index is 0.0408. The molecule has 0 aliphatic rings. The van der Waals surface area contributed by atoms with Gasteiger partial charge in [-0.15, -0.1) is 0 Å². The van der Waals surface area contributed by atoms with Gasteiger partial charge >= 0.3 is 11.9 Å². The number of rotatable bonds is 5. The zero-order valence-electron chi connectivity index (χ0n) is 13.1. The number of esters is 1. The van der Waals surface area contributed by atoms with Crippen molar-refractivity contribution in [3.63, 3.8) is 0 Å². The van der Waals surface area contributed by atoms with E-state index in [1.807, 2.05) is 6.92 Å². The van der Waals surface area contributed by atoms with Crippen molar-refractivity contribution in [1.29, 1.82) is 0 Å². The van der Waals surface area contributed by atoms with E-state index in [9.17, 15) is 14.4 Å². The average Bonchev–Trinajstić information content (AvgIpc) is 3.12. The first-order valence-corrected chi connectivity index (χ1v) is 6.95. The highest BCUT2D eigenvalue weighted by molar-refractivity contribution is 5.94. The second kappa shape index (κ2) is 7.82. The maximum atomic E-state index is 11.9. The molecule has 0 bridgehead atoms. The van der Waals surface area contributed by atoms with E-state index in [4.69, 9.17) is 13.9 Å². The molecule has 1 heterocycles. The number of ether oxygens (including phenoxy) is 2. The minimum atomic E-state index is -0.692. The smallest absolute Gasteiger partial charge is 0.338 e. The second-order valence-corrected chi connectivity index (χ2v) is 4.74. The van der Waals surface area contributed by atoms with Crippen LogP contribution in [0.3, 0.4) is 0 Å². The van der Waals surface area contributed by atoms with Crippen LogP contribution >= 0.6 is 0 Å². The fourth-order valence-corrected chi connectivity index (χ4v) is 1.79. The van der Waals surface area contributed by atoms with Crippen molar-refractivity contribution in [2.24, 2.45) is 0 Å². The van der Waals surface area contributed by atoms with Crippen molar-refractivity contribution in [2.45, 2.75) is 6.92 Å². The normalized spacial score (nSPS) is 9.92. The number of nitrogens with one attached hydrogen (secondary N) is 2. The first-order chi connectivity index (χ1) is 11.5. The Morgan fingerprint density at radius 1 is 1.17 bits per heavy atom. The maximum Gasteiger partial charge on any atom is 0.338 e. The van der Waals surface area contributed by atoms with Crippen LogP contribution in [0, 0.1) is 6.92 Å². The summed E-state index contributed by atoms with van der Waals surface area (Å²) < 4.78 is 14.8. The van der Waals surface area contributed by atoms with Crippen molar-refractivity contribution in [3.05, 3.63) is 53.5 Å². The Morgan fingerprint density at radius 2 is 1.96 bits per heavy atom. The lowest BCUT2D eigenvalue weighted by molar-refractivity contribution is -0.125. The van der Waals surface area contributed by atoms with E-state index in [0.717, 1.165) is 5.56 Å². The van der Waals surface area contributed by atoms with Crippen LogP contribution in [-0.2, 0) is 9.53 Å². The molecule has 0 radical (unpaired) electrons. The van der Waals surface area contributed by atoms with Crippen molar-refractivity contribution in [1.82, 2.24) is 10.9 Å². The number of benzene rings is 1. The minimum Gasteiger partial charge on any atom is -0.496 e. The number of carbonyl (C=O) groups is 3. The molecule has 24 heavy (non-hydrogen) atoms. The van der Waals surface area contributed by atoms with E-state index in [2.05, 4.69) is 10.9 Å². The zero-order valence-corrected chi connectivity index (χ0v) is 13.1. The Kier molecular flexibility index (Phi) is 5.56. The van der Waals surface area contributed by atoms with E-state index in [-0.39, 0.29) is 11.3 Å². The van der Waals surface area contributed by atoms with Gasteiger partial charge in [-0.3, -0.25) is 20.4 Å². The van der Waals surface area contributed by atoms with E-state index >= 15 is 0 Å². The van der Waals surface area contributed by atoms with Crippen molar-refractivity contribution >= 4 is 17.8 Å². The quantitative estimate of drug-likeness (QED) is 0.630. The van der Waals surface area contributed by atoms with Gasteiger partial charge in [0.15, 0.2) is 12.4 Å². The summed E-state index contributed by atoms with van der Waals surface area (Å²) in [7, 11) is 1.49. The highest BCUT2D eigenvalue weighted by atomic mass is 16.5. The molecule has 0 unspecified atom stereocenters. The Hall–Kier alpha value is -3.29. The van der Waals surface area contributed by atoms with E-state index in [1.165, 1.54) is 31.6 Å². The Balaban J connectivity index is 1.81. The monoisotopic (exact) mass is 332 g/mol. The number of hydrogen-bond donors (Lipinski definition) is 2. The molecule has 0 atom stereocenters. The highest BCUT2D eigenvalue weighted by Crippen LogP contribution is 2.19. The molecule has 2 rings (SSSR count). The van der Waals surface area contributed by atoms with E-state index in [1.54, 1.807) is 12.1 Å². The summed E-state index contributed by atoms with van der Waals surface area (Å²) in [6, 6.07) is 7.77. The predicted molar refractivity (Wildman–Crippen MR) is 82.3 cm³/mol. The molecule has 0 fully saturated rings. The van der Waals surface area contributed by atoms with Gasteiger partial charge in [0.1, 0.15) is 5.75 Å². The number of methoxy groups -OCH3 is 1. The summed E-state index contributed by atoms with van der Waals surface area (Å²) in [5.74, 6) is -1.41. The molecule has 8 nitrogen and oxygen atoms in total. The van der Waals surface area contributed by atoms with Crippen LogP contribution in [0.25, 0.3) is 0 Å². The van der Waals surface area contributed by atoms with Gasteiger partial charge in [0.2, 0.25) is 0 Å². The fraction of sp³-hybridized carbons (Fsp3) is 0.188.